The summed E-state index contributed by atoms with van der Waals surface area (Å²) < 4.78 is 2.50. The molecule has 0 fully saturated rings. The minimum Gasteiger partial charge on any atom is -0.250 e. The van der Waals surface area contributed by atoms with Gasteiger partial charge in [-0.15, -0.1) is 0 Å². The minimum atomic E-state index is 0.606. The number of rotatable bonds is 26. The number of aromatic nitrogens is 2. The Hall–Kier alpha value is -1.57. The van der Waals surface area contributed by atoms with Gasteiger partial charge in [0.25, 0.3) is 0 Å². The standard InChI is InChI=1S/C36H62N2/c1-3-5-7-9-11-13-15-17-19-24-28-35(32-34-26-22-21-23-27-34)36(38-31-30-37-33-38)29-25-20-18-16-14-12-10-8-6-4-2/h21-23,26-27,30-31,33,35-36H,3-20,24-25,28-29,32H2,1-2H3/p+1. The van der Waals surface area contributed by atoms with Crippen LogP contribution in [0.1, 0.15) is 167 Å². The van der Waals surface area contributed by atoms with Gasteiger partial charge in [-0.1, -0.05) is 166 Å². The van der Waals surface area contributed by atoms with Gasteiger partial charge in [-0.05, 0) is 31.2 Å². The van der Waals surface area contributed by atoms with E-state index in [1.54, 1.807) is 0 Å². The summed E-state index contributed by atoms with van der Waals surface area (Å²) in [5, 5.41) is 0. The first kappa shape index (κ1) is 32.6. The van der Waals surface area contributed by atoms with E-state index in [0.717, 1.165) is 0 Å². The first-order valence-corrected chi connectivity index (χ1v) is 16.9. The van der Waals surface area contributed by atoms with Crippen LogP contribution in [0.25, 0.3) is 0 Å². The molecular formula is C36H63N2+. The van der Waals surface area contributed by atoms with Crippen molar-refractivity contribution in [1.29, 1.82) is 0 Å². The Labute approximate surface area is 237 Å². The predicted octanol–water partition coefficient (Wildman–Crippen LogP) is 11.3. The fourth-order valence-corrected chi connectivity index (χ4v) is 6.22. The molecular weight excluding hydrogens is 460 g/mol. The van der Waals surface area contributed by atoms with Crippen molar-refractivity contribution in [2.45, 2.75) is 168 Å². The third kappa shape index (κ3) is 15.7. The van der Waals surface area contributed by atoms with Crippen LogP contribution in [0, 0.1) is 5.92 Å². The summed E-state index contributed by atoms with van der Waals surface area (Å²) in [4.78, 5) is 3.34. The van der Waals surface area contributed by atoms with Crippen molar-refractivity contribution in [2.24, 2.45) is 5.92 Å². The molecule has 1 heterocycles. The normalized spacial score (nSPS) is 13.1. The Morgan fingerprint density at radius 2 is 1.05 bits per heavy atom. The lowest BCUT2D eigenvalue weighted by molar-refractivity contribution is -0.730. The molecule has 2 rings (SSSR count). The third-order valence-corrected chi connectivity index (χ3v) is 8.62. The van der Waals surface area contributed by atoms with Crippen LogP contribution in [0.3, 0.4) is 0 Å². The number of H-pyrrole nitrogens is 1. The van der Waals surface area contributed by atoms with Gasteiger partial charge < -0.3 is 0 Å². The number of nitrogens with zero attached hydrogens (tertiary/aromatic N) is 1. The van der Waals surface area contributed by atoms with Crippen molar-refractivity contribution in [3.8, 4) is 0 Å². The van der Waals surface area contributed by atoms with E-state index in [2.05, 4.69) is 72.5 Å². The van der Waals surface area contributed by atoms with E-state index in [1.165, 1.54) is 153 Å². The maximum atomic E-state index is 3.34. The second-order valence-corrected chi connectivity index (χ2v) is 12.0. The quantitative estimate of drug-likeness (QED) is 0.0934. The average Bonchev–Trinajstić information content (AvgIpc) is 3.48. The zero-order chi connectivity index (χ0) is 26.9. The van der Waals surface area contributed by atoms with Crippen molar-refractivity contribution < 1.29 is 4.57 Å². The lowest BCUT2D eigenvalue weighted by Crippen LogP contribution is -2.42. The highest BCUT2D eigenvalue weighted by Crippen LogP contribution is 2.29. The van der Waals surface area contributed by atoms with Crippen LogP contribution < -0.4 is 4.57 Å². The predicted molar refractivity (Wildman–Crippen MR) is 167 cm³/mol. The molecule has 216 valence electrons. The Balaban J connectivity index is 1.78. The van der Waals surface area contributed by atoms with Gasteiger partial charge in [0.1, 0.15) is 18.4 Å². The Morgan fingerprint density at radius 1 is 0.579 bits per heavy atom. The smallest absolute Gasteiger partial charge is 0.241 e. The molecule has 0 radical (unpaired) electrons. The van der Waals surface area contributed by atoms with Crippen LogP contribution in [0.15, 0.2) is 49.1 Å². The Kier molecular flexibility index (Phi) is 20.0. The minimum absolute atomic E-state index is 0.606. The average molecular weight is 524 g/mol. The van der Waals surface area contributed by atoms with Crippen LogP contribution in [-0.2, 0) is 6.42 Å². The first-order chi connectivity index (χ1) is 18.8. The second-order valence-electron chi connectivity index (χ2n) is 12.0. The molecule has 0 aliphatic heterocycles. The summed E-state index contributed by atoms with van der Waals surface area (Å²) in [5.41, 5.74) is 1.51. The summed E-state index contributed by atoms with van der Waals surface area (Å²) in [5.74, 6) is 0.714. The van der Waals surface area contributed by atoms with Crippen LogP contribution in [0.4, 0.5) is 0 Å². The largest absolute Gasteiger partial charge is 0.250 e. The third-order valence-electron chi connectivity index (χ3n) is 8.62. The van der Waals surface area contributed by atoms with Crippen molar-refractivity contribution in [2.75, 3.05) is 0 Å². The molecule has 0 spiro atoms. The van der Waals surface area contributed by atoms with E-state index in [9.17, 15) is 0 Å². The summed E-state index contributed by atoms with van der Waals surface area (Å²) in [6, 6.07) is 11.9. The summed E-state index contributed by atoms with van der Waals surface area (Å²) in [6.07, 6.45) is 38.8. The maximum absolute atomic E-state index is 3.34. The Bertz CT molecular complexity index is 723. The van der Waals surface area contributed by atoms with E-state index in [-0.39, 0.29) is 0 Å². The highest BCUT2D eigenvalue weighted by atomic mass is 15.1. The molecule has 0 saturated carbocycles. The van der Waals surface area contributed by atoms with Crippen LogP contribution >= 0.6 is 0 Å². The number of imidazole rings is 1. The zero-order valence-corrected chi connectivity index (χ0v) is 25.5. The highest BCUT2D eigenvalue weighted by Gasteiger charge is 2.26. The van der Waals surface area contributed by atoms with E-state index >= 15 is 0 Å². The molecule has 0 aliphatic carbocycles. The molecule has 0 saturated heterocycles. The van der Waals surface area contributed by atoms with E-state index in [4.69, 9.17) is 0 Å². The van der Waals surface area contributed by atoms with Crippen molar-refractivity contribution in [1.82, 2.24) is 4.98 Å². The fraction of sp³-hybridized carbons (Fsp3) is 0.750. The molecule has 38 heavy (non-hydrogen) atoms. The fourth-order valence-electron chi connectivity index (χ4n) is 6.22. The zero-order valence-electron chi connectivity index (χ0n) is 25.5. The second kappa shape index (κ2) is 23.3. The number of benzene rings is 1. The molecule has 0 amide bonds. The van der Waals surface area contributed by atoms with Crippen LogP contribution in [0.2, 0.25) is 0 Å². The number of hydrogen-bond donors (Lipinski definition) is 1. The van der Waals surface area contributed by atoms with Gasteiger partial charge >= 0.3 is 0 Å². The Morgan fingerprint density at radius 3 is 1.53 bits per heavy atom. The van der Waals surface area contributed by atoms with Gasteiger partial charge in [0, 0.05) is 5.92 Å². The molecule has 2 heteroatoms. The number of aromatic amines is 1. The highest BCUT2D eigenvalue weighted by molar-refractivity contribution is 5.15. The van der Waals surface area contributed by atoms with Crippen LogP contribution in [0.5, 0.6) is 0 Å². The molecule has 0 bridgehead atoms. The number of hydrogen-bond acceptors (Lipinski definition) is 0. The number of nitrogens with one attached hydrogen (secondary N) is 1. The molecule has 2 nitrogen and oxygen atoms in total. The molecule has 1 aromatic heterocycles. The topological polar surface area (TPSA) is 19.7 Å². The van der Waals surface area contributed by atoms with Gasteiger partial charge in [0.05, 0.1) is 0 Å². The molecule has 2 unspecified atom stereocenters. The van der Waals surface area contributed by atoms with Crippen molar-refractivity contribution >= 4 is 0 Å². The van der Waals surface area contributed by atoms with E-state index in [1.807, 2.05) is 0 Å². The van der Waals surface area contributed by atoms with Crippen molar-refractivity contribution in [3.05, 3.63) is 54.6 Å². The maximum Gasteiger partial charge on any atom is 0.241 e. The molecule has 1 aromatic carbocycles. The summed E-state index contributed by atoms with van der Waals surface area (Å²) in [6.45, 7) is 4.61. The van der Waals surface area contributed by atoms with Gasteiger partial charge in [0.2, 0.25) is 6.33 Å². The van der Waals surface area contributed by atoms with Gasteiger partial charge in [0.15, 0.2) is 0 Å². The lowest BCUT2D eigenvalue weighted by Gasteiger charge is -2.25. The lowest BCUT2D eigenvalue weighted by atomic mass is 9.84. The molecule has 2 aromatic rings. The van der Waals surface area contributed by atoms with Gasteiger partial charge in [-0.3, -0.25) is 4.98 Å². The SMILES string of the molecule is CCCCCCCCCCCCC(Cc1ccccc1)C(CCCCCCCCCCCC)[n+]1cc[nH]c1. The van der Waals surface area contributed by atoms with E-state index in [0.29, 0.717) is 12.0 Å². The summed E-state index contributed by atoms with van der Waals surface area (Å²) in [7, 11) is 0. The monoisotopic (exact) mass is 523 g/mol. The van der Waals surface area contributed by atoms with Gasteiger partial charge in [-0.25, -0.2) is 4.57 Å². The van der Waals surface area contributed by atoms with E-state index < -0.39 is 0 Å². The first-order valence-electron chi connectivity index (χ1n) is 16.9. The molecule has 0 aliphatic rings. The van der Waals surface area contributed by atoms with Crippen molar-refractivity contribution in [3.63, 3.8) is 0 Å². The summed E-state index contributed by atoms with van der Waals surface area (Å²) >= 11 is 0. The number of unbranched alkanes of at least 4 members (excludes halogenated alkanes) is 18. The van der Waals surface area contributed by atoms with Crippen LogP contribution in [-0.4, -0.2) is 4.98 Å². The van der Waals surface area contributed by atoms with Gasteiger partial charge in [-0.2, -0.15) is 0 Å². The molecule has 1 N–H and O–H groups in total. The molecule has 2 atom stereocenters.